The van der Waals surface area contributed by atoms with Crippen molar-refractivity contribution < 1.29 is 9.53 Å². The average molecular weight is 474 g/mol. The van der Waals surface area contributed by atoms with E-state index < -0.39 is 0 Å². The number of nitrogens with one attached hydrogen (secondary N) is 1. The van der Waals surface area contributed by atoms with Crippen molar-refractivity contribution in [1.82, 2.24) is 19.9 Å². The summed E-state index contributed by atoms with van der Waals surface area (Å²) in [5.74, 6) is 0.663. The number of methoxy groups -OCH3 is 1. The molecule has 0 saturated heterocycles. The third kappa shape index (κ3) is 3.58. The molecule has 176 valence electrons. The molecule has 0 saturated carbocycles. The number of nitrogen functional groups attached to an aromatic ring is 1. The lowest BCUT2D eigenvalue weighted by Crippen LogP contribution is -2.24. The molecule has 0 aliphatic rings. The summed E-state index contributed by atoms with van der Waals surface area (Å²) in [6.45, 7) is 0.284. The van der Waals surface area contributed by atoms with Gasteiger partial charge in [0.25, 0.3) is 5.91 Å². The van der Waals surface area contributed by atoms with Crippen LogP contribution in [-0.4, -0.2) is 27.6 Å². The lowest BCUT2D eigenvalue weighted by Gasteiger charge is -2.10. The molecule has 6 rings (SSSR count). The summed E-state index contributed by atoms with van der Waals surface area (Å²) in [6.07, 6.45) is 0. The van der Waals surface area contributed by atoms with Crippen molar-refractivity contribution in [3.63, 3.8) is 0 Å². The molecular weight excluding hydrogens is 450 g/mol. The van der Waals surface area contributed by atoms with Gasteiger partial charge in [-0.1, -0.05) is 60.7 Å². The number of carbonyl (C=O) groups is 1. The Hall–Kier alpha value is -4.91. The molecule has 1 amide bonds. The zero-order valence-corrected chi connectivity index (χ0v) is 19.6. The first-order valence-electron chi connectivity index (χ1n) is 11.6. The normalized spacial score (nSPS) is 11.2. The van der Waals surface area contributed by atoms with Gasteiger partial charge in [-0.25, -0.2) is 9.97 Å². The first-order chi connectivity index (χ1) is 17.6. The van der Waals surface area contributed by atoms with Gasteiger partial charge in [-0.3, -0.25) is 9.36 Å². The molecule has 0 spiro atoms. The van der Waals surface area contributed by atoms with Gasteiger partial charge in [0.1, 0.15) is 22.6 Å². The zero-order chi connectivity index (χ0) is 24.6. The number of hydrogen-bond donors (Lipinski definition) is 2. The van der Waals surface area contributed by atoms with Crippen LogP contribution >= 0.6 is 0 Å². The van der Waals surface area contributed by atoms with Crippen molar-refractivity contribution in [2.45, 2.75) is 6.54 Å². The maximum atomic E-state index is 13.5. The van der Waals surface area contributed by atoms with Gasteiger partial charge in [-0.05, 0) is 41.1 Å². The van der Waals surface area contributed by atoms with Crippen LogP contribution in [0.1, 0.15) is 15.9 Å². The van der Waals surface area contributed by atoms with Gasteiger partial charge in [-0.2, -0.15) is 0 Å². The number of fused-ring (bicyclic) bond motifs is 3. The Kier molecular flexibility index (Phi) is 5.22. The second-order valence-electron chi connectivity index (χ2n) is 8.51. The summed E-state index contributed by atoms with van der Waals surface area (Å²) in [7, 11) is 1.61. The molecular formula is C29H23N5O2. The van der Waals surface area contributed by atoms with Crippen molar-refractivity contribution in [1.29, 1.82) is 0 Å². The summed E-state index contributed by atoms with van der Waals surface area (Å²) >= 11 is 0. The first-order valence-corrected chi connectivity index (χ1v) is 11.6. The summed E-state index contributed by atoms with van der Waals surface area (Å²) in [6, 6.07) is 29.3. The Labute approximate surface area is 207 Å². The lowest BCUT2D eigenvalue weighted by atomic mass is 10.1. The second-order valence-corrected chi connectivity index (χ2v) is 8.51. The van der Waals surface area contributed by atoms with E-state index in [0.29, 0.717) is 28.0 Å². The highest BCUT2D eigenvalue weighted by molar-refractivity contribution is 6.11. The molecule has 0 radical (unpaired) electrons. The number of ether oxygens (including phenoxy) is 1. The van der Waals surface area contributed by atoms with E-state index in [0.717, 1.165) is 27.5 Å². The van der Waals surface area contributed by atoms with Gasteiger partial charge in [0.15, 0.2) is 5.65 Å². The number of nitrogens with two attached hydrogens (primary N) is 1. The van der Waals surface area contributed by atoms with Crippen LogP contribution in [0.15, 0.2) is 91.0 Å². The summed E-state index contributed by atoms with van der Waals surface area (Å²) in [4.78, 5) is 23.2. The van der Waals surface area contributed by atoms with E-state index in [-0.39, 0.29) is 18.3 Å². The van der Waals surface area contributed by atoms with E-state index in [4.69, 9.17) is 20.4 Å². The molecule has 0 bridgehead atoms. The maximum Gasteiger partial charge on any atom is 0.257 e. The van der Waals surface area contributed by atoms with Crippen molar-refractivity contribution in [2.75, 3.05) is 12.8 Å². The van der Waals surface area contributed by atoms with Crippen LogP contribution in [0.3, 0.4) is 0 Å². The summed E-state index contributed by atoms with van der Waals surface area (Å²) < 4.78 is 7.22. The van der Waals surface area contributed by atoms with E-state index in [2.05, 4.69) is 11.4 Å². The zero-order valence-electron chi connectivity index (χ0n) is 19.6. The third-order valence-corrected chi connectivity index (χ3v) is 6.35. The van der Waals surface area contributed by atoms with Crippen LogP contribution in [0, 0.1) is 0 Å². The number of amides is 1. The maximum absolute atomic E-state index is 13.5. The van der Waals surface area contributed by atoms with Gasteiger partial charge >= 0.3 is 0 Å². The molecule has 0 aliphatic carbocycles. The number of benzene rings is 4. The molecule has 0 fully saturated rings. The Morgan fingerprint density at radius 1 is 0.889 bits per heavy atom. The van der Waals surface area contributed by atoms with E-state index in [9.17, 15) is 4.79 Å². The van der Waals surface area contributed by atoms with Gasteiger partial charge in [0, 0.05) is 17.8 Å². The van der Waals surface area contributed by atoms with Crippen molar-refractivity contribution in [3.05, 3.63) is 102 Å². The second kappa shape index (κ2) is 8.70. The van der Waals surface area contributed by atoms with Gasteiger partial charge in [-0.15, -0.1) is 0 Å². The Balaban J connectivity index is 1.51. The standard InChI is InChI=1S/C29H23N5O2/c1-36-24-13-7-4-10-20(24)17-31-29(35)25-26-28(33-23-12-6-5-11-22(23)32-26)34(27(25)30)21-15-14-18-8-2-3-9-19(18)16-21/h2-16H,17,30H2,1H3,(H,31,35). The molecule has 6 aromatic rings. The van der Waals surface area contributed by atoms with Crippen molar-refractivity contribution in [3.8, 4) is 11.4 Å². The number of carbonyl (C=O) groups excluding carboxylic acids is 1. The fourth-order valence-corrected chi connectivity index (χ4v) is 4.58. The monoisotopic (exact) mass is 473 g/mol. The third-order valence-electron chi connectivity index (χ3n) is 6.35. The van der Waals surface area contributed by atoms with Crippen LogP contribution in [0.5, 0.6) is 5.75 Å². The smallest absolute Gasteiger partial charge is 0.257 e. The van der Waals surface area contributed by atoms with Crippen molar-refractivity contribution in [2.24, 2.45) is 0 Å². The molecule has 2 aromatic heterocycles. The molecule has 0 aliphatic heterocycles. The fraction of sp³-hybridized carbons (Fsp3) is 0.0690. The number of nitrogens with zero attached hydrogens (tertiary/aromatic N) is 3. The van der Waals surface area contributed by atoms with Gasteiger partial charge < -0.3 is 15.8 Å². The highest BCUT2D eigenvalue weighted by atomic mass is 16.5. The largest absolute Gasteiger partial charge is 0.496 e. The van der Waals surface area contributed by atoms with Crippen molar-refractivity contribution >= 4 is 44.7 Å². The van der Waals surface area contributed by atoms with E-state index >= 15 is 0 Å². The molecule has 4 aromatic carbocycles. The van der Waals surface area contributed by atoms with Crippen LogP contribution in [0.4, 0.5) is 5.82 Å². The van der Waals surface area contributed by atoms with Gasteiger partial charge in [0.05, 0.1) is 18.1 Å². The summed E-state index contributed by atoms with van der Waals surface area (Å²) in [5.41, 5.74) is 11.1. The number of rotatable bonds is 5. The number of hydrogen-bond acceptors (Lipinski definition) is 5. The number of anilines is 1. The Morgan fingerprint density at radius 3 is 2.39 bits per heavy atom. The minimum absolute atomic E-state index is 0.284. The van der Waals surface area contributed by atoms with Crippen LogP contribution in [0.25, 0.3) is 38.7 Å². The molecule has 7 heteroatoms. The fourth-order valence-electron chi connectivity index (χ4n) is 4.58. The van der Waals surface area contributed by atoms with E-state index in [1.165, 1.54) is 0 Å². The number of para-hydroxylation sites is 3. The predicted octanol–water partition coefficient (Wildman–Crippen LogP) is 5.25. The molecule has 0 unspecified atom stereocenters. The average Bonchev–Trinajstić information content (AvgIpc) is 3.20. The first kappa shape index (κ1) is 21.6. The van der Waals surface area contributed by atoms with Crippen LogP contribution in [-0.2, 0) is 6.54 Å². The molecule has 36 heavy (non-hydrogen) atoms. The quantitative estimate of drug-likeness (QED) is 0.357. The SMILES string of the molecule is COc1ccccc1CNC(=O)c1c(N)n(-c2ccc3ccccc3c2)c2nc3ccccc3nc12. The lowest BCUT2D eigenvalue weighted by molar-refractivity contribution is 0.0953. The molecule has 0 atom stereocenters. The highest BCUT2D eigenvalue weighted by Gasteiger charge is 2.25. The number of aromatic nitrogens is 3. The summed E-state index contributed by atoms with van der Waals surface area (Å²) in [5, 5.41) is 5.16. The van der Waals surface area contributed by atoms with E-state index in [1.807, 2.05) is 84.9 Å². The van der Waals surface area contributed by atoms with Crippen LogP contribution < -0.4 is 15.8 Å². The highest BCUT2D eigenvalue weighted by Crippen LogP contribution is 2.32. The molecule has 7 nitrogen and oxygen atoms in total. The van der Waals surface area contributed by atoms with Gasteiger partial charge in [0.2, 0.25) is 0 Å². The predicted molar refractivity (Wildman–Crippen MR) is 142 cm³/mol. The van der Waals surface area contributed by atoms with Crippen LogP contribution in [0.2, 0.25) is 0 Å². The minimum Gasteiger partial charge on any atom is -0.496 e. The Bertz CT molecular complexity index is 1770. The minimum atomic E-state index is -0.326. The molecule has 2 heterocycles. The topological polar surface area (TPSA) is 95.1 Å². The Morgan fingerprint density at radius 2 is 1.58 bits per heavy atom. The molecule has 3 N–H and O–H groups in total. The van der Waals surface area contributed by atoms with E-state index in [1.54, 1.807) is 11.7 Å².